The van der Waals surface area contributed by atoms with Crippen LogP contribution in [0.15, 0.2) is 41.3 Å². The number of phosphoric acid groups is 1. The van der Waals surface area contributed by atoms with Crippen LogP contribution in [0.2, 0.25) is 0 Å². The van der Waals surface area contributed by atoms with Crippen LogP contribution >= 0.6 is 7.82 Å². The van der Waals surface area contributed by atoms with Gasteiger partial charge >= 0.3 is 31.4 Å². The van der Waals surface area contributed by atoms with Crippen LogP contribution in [0.5, 0.6) is 0 Å². The lowest BCUT2D eigenvalue weighted by atomic mass is 9.88. The number of phosphoric ester groups is 1. The lowest BCUT2D eigenvalue weighted by molar-refractivity contribution is -0.371. The van der Waals surface area contributed by atoms with Gasteiger partial charge in [0.1, 0.15) is 128 Å². The SMILES string of the molecule is CO[C@@H]1C(CO)O[C@H](O[C@@H]2C(C(=O)O)O[C@@H](O[C@@H]3C(CO)O[C@H](O[C@@H]4C(C(=O)O)O[C@@H](OCCNCc5ccc(C(=O)NCC(=O)N[C@H]6C([C@H](O)[C@H](O)CO)O[C@](OP(=O)(O)OC[C@H]7O[C@@H](n8ccc(N)nc8=O)[C@@H](O)C7O)(C(=O)O)C[C@H]6O)cc5)[C@@H](O)C4O)C(NC(C)=O)[C@H]3O)[C@@H](O)C2O)C(NC(C)=O)[C@H]1O. The van der Waals surface area contributed by atoms with E-state index in [0.717, 1.165) is 37.8 Å². The van der Waals surface area contributed by atoms with E-state index in [1.54, 1.807) is 0 Å². The summed E-state index contributed by atoms with van der Waals surface area (Å²) in [5.41, 5.74) is 4.96. The Labute approximate surface area is 608 Å². The number of carbonyl (C=O) groups is 7. The van der Waals surface area contributed by atoms with Crippen LogP contribution < -0.4 is 38.0 Å². The van der Waals surface area contributed by atoms with Crippen molar-refractivity contribution in [2.45, 2.75) is 210 Å². The largest absolute Gasteiger partial charge is 0.479 e. The molecule has 8 rings (SSSR count). The maximum absolute atomic E-state index is 13.3. The average Bonchev–Trinajstić information content (AvgIpc) is 1.03. The highest BCUT2D eigenvalue weighted by Gasteiger charge is 2.61. The second kappa shape index (κ2) is 37.5. The van der Waals surface area contributed by atoms with Crippen molar-refractivity contribution in [2.75, 3.05) is 59.0 Å². The van der Waals surface area contributed by atoms with Crippen molar-refractivity contribution >= 4 is 55.2 Å². The second-order valence-electron chi connectivity index (χ2n) is 25.5. The molecule has 48 nitrogen and oxygen atoms in total. The lowest BCUT2D eigenvalue weighted by Gasteiger charge is -2.49. The quantitative estimate of drug-likeness (QED) is 0.0233. The summed E-state index contributed by atoms with van der Waals surface area (Å²) < 4.78 is 85.3. The number of carboxylic acid groups (broad SMARTS) is 3. The van der Waals surface area contributed by atoms with E-state index in [4.69, 9.17) is 66.9 Å². The number of nitrogen functional groups attached to an aromatic ring is 1. The van der Waals surface area contributed by atoms with Gasteiger partial charge in [0, 0.05) is 52.2 Å². The third-order valence-electron chi connectivity index (χ3n) is 18.0. The van der Waals surface area contributed by atoms with Crippen molar-refractivity contribution in [3.63, 3.8) is 0 Å². The summed E-state index contributed by atoms with van der Waals surface area (Å²) in [5, 5.41) is 195. The molecule has 2 aromatic rings. The van der Waals surface area contributed by atoms with Crippen LogP contribution in [0.3, 0.4) is 0 Å². The van der Waals surface area contributed by atoms with Crippen molar-refractivity contribution in [3.8, 4) is 0 Å². The van der Waals surface area contributed by atoms with E-state index in [-0.39, 0.29) is 31.1 Å². The molecule has 0 aliphatic carbocycles. The van der Waals surface area contributed by atoms with E-state index < -0.39 is 278 Å². The van der Waals surface area contributed by atoms with E-state index in [1.807, 2.05) is 0 Å². The van der Waals surface area contributed by atoms with Crippen molar-refractivity contribution in [1.82, 2.24) is 36.1 Å². The molecule has 25 N–H and O–H groups in total. The van der Waals surface area contributed by atoms with Crippen LogP contribution in [0, 0.1) is 0 Å². The zero-order valence-corrected chi connectivity index (χ0v) is 57.9. The predicted molar refractivity (Wildman–Crippen MR) is 340 cm³/mol. The fourth-order valence-corrected chi connectivity index (χ4v) is 13.5. The maximum atomic E-state index is 13.3. The van der Waals surface area contributed by atoms with Crippen molar-refractivity contribution in [3.05, 3.63) is 58.1 Å². The van der Waals surface area contributed by atoms with E-state index in [1.165, 1.54) is 24.3 Å². The number of methoxy groups -OCH3 is 1. The number of nitrogens with one attached hydrogen (secondary N) is 5. The van der Waals surface area contributed by atoms with Gasteiger partial charge in [-0.05, 0) is 23.8 Å². The second-order valence-corrected chi connectivity index (χ2v) is 26.9. The first-order valence-corrected chi connectivity index (χ1v) is 34.4. The molecule has 0 saturated carbocycles. The van der Waals surface area contributed by atoms with Crippen LogP contribution in [0.25, 0.3) is 0 Å². The molecule has 6 fully saturated rings. The summed E-state index contributed by atoms with van der Waals surface area (Å²) >= 11 is 0. The Kier molecular flexibility index (Phi) is 30.2. The molecule has 11 unspecified atom stereocenters. The number of aliphatic hydroxyl groups excluding tert-OH is 14. The van der Waals surface area contributed by atoms with Crippen LogP contribution in [0.1, 0.15) is 42.4 Å². The molecule has 1 aromatic heterocycles. The van der Waals surface area contributed by atoms with E-state index in [2.05, 4.69) is 31.6 Å². The molecule has 0 spiro atoms. The van der Waals surface area contributed by atoms with Gasteiger partial charge in [-0.2, -0.15) is 4.98 Å². The zero-order valence-electron chi connectivity index (χ0n) is 57.0. The molecule has 0 bridgehead atoms. The number of carbonyl (C=O) groups excluding carboxylic acids is 4. The number of benzene rings is 1. The number of amides is 4. The minimum atomic E-state index is -5.77. The number of nitrogens with zero attached hydrogens (tertiary/aromatic N) is 2. The van der Waals surface area contributed by atoms with Crippen LogP contribution in [-0.2, 0) is 101 Å². The number of nitrogens with two attached hydrogens (primary N) is 1. The fraction of sp³-hybridized carbons (Fsp3) is 0.712. The Hall–Kier alpha value is -6.74. The van der Waals surface area contributed by atoms with Gasteiger partial charge in [0.25, 0.3) is 11.7 Å². The summed E-state index contributed by atoms with van der Waals surface area (Å²) in [6.07, 6.45) is -52.5. The van der Waals surface area contributed by atoms with Gasteiger partial charge in [0.2, 0.25) is 17.7 Å². The normalized spacial score (nSPS) is 37.6. The smallest absolute Gasteiger partial charge is 0.475 e. The van der Waals surface area contributed by atoms with Crippen molar-refractivity contribution in [1.29, 1.82) is 0 Å². The molecular weight excluding hydrogens is 1490 g/mol. The molecule has 7 heterocycles. The number of carboxylic acids is 3. The molecular formula is C59H87N8O40P. The average molecular weight is 1580 g/mol. The van der Waals surface area contributed by atoms with E-state index in [0.29, 0.717) is 5.56 Å². The Morgan fingerprint density at radius 2 is 1.22 bits per heavy atom. The Bertz CT molecular complexity index is 3520. The number of aliphatic hydroxyl groups is 14. The summed E-state index contributed by atoms with van der Waals surface area (Å²) in [6.45, 7) is -3.51. The number of rotatable bonds is 33. The van der Waals surface area contributed by atoms with Crippen LogP contribution in [-0.4, -0.2) is 373 Å². The van der Waals surface area contributed by atoms with Crippen LogP contribution in [0.4, 0.5) is 5.82 Å². The third-order valence-corrected chi connectivity index (χ3v) is 19.0. The molecule has 1 aromatic carbocycles. The number of hydrogen-bond donors (Lipinski definition) is 24. The molecule has 6 saturated heterocycles. The van der Waals surface area contributed by atoms with Crippen molar-refractivity contribution < 1.29 is 191 Å². The zero-order chi connectivity index (χ0) is 79.7. The van der Waals surface area contributed by atoms with E-state index >= 15 is 0 Å². The van der Waals surface area contributed by atoms with Gasteiger partial charge < -0.3 is 176 Å². The summed E-state index contributed by atoms with van der Waals surface area (Å²) in [6, 6.07) is 1.40. The summed E-state index contributed by atoms with van der Waals surface area (Å²) in [4.78, 5) is 116. The molecule has 49 heteroatoms. The predicted octanol–water partition coefficient (Wildman–Crippen LogP) is -13.4. The van der Waals surface area contributed by atoms with Gasteiger partial charge in [-0.3, -0.25) is 28.3 Å². The lowest BCUT2D eigenvalue weighted by Crippen LogP contribution is -2.70. The first-order chi connectivity index (χ1) is 50.9. The van der Waals surface area contributed by atoms with E-state index in [9.17, 15) is 135 Å². The van der Waals surface area contributed by atoms with Gasteiger partial charge in [0.15, 0.2) is 43.6 Å². The first kappa shape index (κ1) is 86.8. The topological polar surface area (TPSA) is 742 Å². The minimum absolute atomic E-state index is 0.0299. The molecule has 108 heavy (non-hydrogen) atoms. The molecule has 6 aliphatic heterocycles. The highest BCUT2D eigenvalue weighted by Crippen LogP contribution is 2.52. The molecule has 31 atom stereocenters. The van der Waals surface area contributed by atoms with Gasteiger partial charge in [-0.1, -0.05) is 12.1 Å². The van der Waals surface area contributed by atoms with Gasteiger partial charge in [0.05, 0.1) is 51.7 Å². The molecule has 4 amide bonds. The van der Waals surface area contributed by atoms with Gasteiger partial charge in [-0.25, -0.2) is 28.3 Å². The first-order valence-electron chi connectivity index (χ1n) is 32.9. The fourth-order valence-electron chi connectivity index (χ4n) is 12.5. The number of hydrogen-bond acceptors (Lipinski definition) is 39. The van der Waals surface area contributed by atoms with Gasteiger partial charge in [-0.15, -0.1) is 0 Å². The third kappa shape index (κ3) is 20.3. The Morgan fingerprint density at radius 1 is 0.676 bits per heavy atom. The molecule has 608 valence electrons. The Morgan fingerprint density at radius 3 is 1.75 bits per heavy atom. The van der Waals surface area contributed by atoms with Crippen molar-refractivity contribution in [2.24, 2.45) is 0 Å². The number of aromatic nitrogens is 2. The highest BCUT2D eigenvalue weighted by atomic mass is 31.2. The number of anilines is 1. The molecule has 6 aliphatic rings. The molecule has 0 radical (unpaired) electrons. The highest BCUT2D eigenvalue weighted by molar-refractivity contribution is 7.47. The maximum Gasteiger partial charge on any atom is 0.475 e. The standard InChI is InChI=1S/C59H87N8O40P/c1-19(71)63-31-35(78)42(95-3)25(16-69)99-53(31)103-46-38(81)41(84)56(105-48(46)52(88)89)101-43-26(17-70)100-54(32(36(43)79)64-20(2)72)102-45-37(80)40(83)55(104-47(45)51(86)87)96-11-9-61-13-21-4-6-22(7-5-21)49(85)62-14-29(75)66-30-23(73)12-59(57(90)91,106-44(30)33(76)24(74)15-68)107-108(93,94)97-18-27-34(77)39(82)50(98-27)67-10-8-28(60)65-58(67)92/h4-8,10,23-27,30-48,50,53-56,61,68-70,73-74,76-84H,9,11-18H2,1-3H3,(H,62,85)(H,63,71)(H,64,72)(H,66,75)(H,86,87)(H,88,89)(H,90,91)(H,93,94)(H2,60,65,92)/t23-,24-,25?,26?,27-,30-,31?,32?,33-,34?,35-,36-,37?,38?,39+,40+,41+,42-,43-,44?,45+,46+,47?,48?,50-,53-,54-,55-,56-,59-/m1/s1. The summed E-state index contributed by atoms with van der Waals surface area (Å²) in [5.74, 6) is -13.2. The number of aliphatic carboxylic acids is 3. The monoisotopic (exact) mass is 1580 g/mol. The Balaban J connectivity index is 0.808. The number of ether oxygens (including phenoxy) is 11. The summed E-state index contributed by atoms with van der Waals surface area (Å²) in [7, 11) is -4.61. The minimum Gasteiger partial charge on any atom is -0.479 e.